The quantitative estimate of drug-likeness (QED) is 0.684. The molecule has 7 nitrogen and oxygen atoms in total. The molecule has 3 rings (SSSR count). The van der Waals surface area contributed by atoms with Crippen LogP contribution in [-0.4, -0.2) is 21.6 Å². The Bertz CT molecular complexity index is 945. The summed E-state index contributed by atoms with van der Waals surface area (Å²) < 4.78 is 8.12. The molecule has 0 atom stereocenters. The third-order valence-corrected chi connectivity index (χ3v) is 3.96. The zero-order chi connectivity index (χ0) is 18.0. The Morgan fingerprint density at radius 2 is 2.12 bits per heavy atom. The molecule has 0 radical (unpaired) electrons. The lowest BCUT2D eigenvalue weighted by Gasteiger charge is -2.07. The molecular formula is C17H15BrN4O3. The van der Waals surface area contributed by atoms with E-state index in [4.69, 9.17) is 10.2 Å². The van der Waals surface area contributed by atoms with E-state index >= 15 is 0 Å². The number of benzene rings is 1. The Balaban J connectivity index is 1.69. The summed E-state index contributed by atoms with van der Waals surface area (Å²) in [6.45, 7) is 2.17. The number of hydrogen-bond donors (Lipinski definition) is 2. The second kappa shape index (κ2) is 6.94. The van der Waals surface area contributed by atoms with Gasteiger partial charge in [0.1, 0.15) is 5.76 Å². The Labute approximate surface area is 151 Å². The molecule has 8 heteroatoms. The van der Waals surface area contributed by atoms with Crippen molar-refractivity contribution < 1.29 is 14.0 Å². The minimum atomic E-state index is -0.503. The van der Waals surface area contributed by atoms with E-state index in [2.05, 4.69) is 26.3 Å². The smallest absolute Gasteiger partial charge is 0.291 e. The zero-order valence-corrected chi connectivity index (χ0v) is 14.9. The summed E-state index contributed by atoms with van der Waals surface area (Å²) in [4.78, 5) is 23.5. The summed E-state index contributed by atoms with van der Waals surface area (Å²) >= 11 is 3.32. The van der Waals surface area contributed by atoms with Crippen molar-refractivity contribution in [3.05, 3.63) is 69.8 Å². The standard InChI is InChI=1S/C17H15BrN4O3/c1-10-6-12(2-4-14(10)16(19)23)21-17(24)15-5-3-13(25-15)9-22-8-11(18)7-20-22/h2-8H,9H2,1H3,(H2,19,23)(H,21,24). The van der Waals surface area contributed by atoms with Gasteiger partial charge >= 0.3 is 0 Å². The number of hydrogen-bond acceptors (Lipinski definition) is 4. The molecule has 2 amide bonds. The van der Waals surface area contributed by atoms with Crippen LogP contribution in [0.25, 0.3) is 0 Å². The highest BCUT2D eigenvalue weighted by molar-refractivity contribution is 9.10. The summed E-state index contributed by atoms with van der Waals surface area (Å²) in [5.41, 5.74) is 6.94. The molecule has 0 spiro atoms. The van der Waals surface area contributed by atoms with Crippen LogP contribution >= 0.6 is 15.9 Å². The topological polar surface area (TPSA) is 103 Å². The van der Waals surface area contributed by atoms with E-state index in [9.17, 15) is 9.59 Å². The SMILES string of the molecule is Cc1cc(NC(=O)c2ccc(Cn3cc(Br)cn3)o2)ccc1C(N)=O. The fraction of sp³-hybridized carbons (Fsp3) is 0.118. The van der Waals surface area contributed by atoms with Crippen molar-refractivity contribution in [1.82, 2.24) is 9.78 Å². The number of furan rings is 1. The van der Waals surface area contributed by atoms with Crippen LogP contribution < -0.4 is 11.1 Å². The van der Waals surface area contributed by atoms with E-state index < -0.39 is 5.91 Å². The average Bonchev–Trinajstić information content (AvgIpc) is 3.16. The number of rotatable bonds is 5. The number of halogens is 1. The molecule has 3 aromatic rings. The second-order valence-electron chi connectivity index (χ2n) is 5.47. The summed E-state index contributed by atoms with van der Waals surface area (Å²) in [5, 5.41) is 6.87. The Morgan fingerprint density at radius 1 is 1.32 bits per heavy atom. The van der Waals surface area contributed by atoms with Gasteiger partial charge in [0.2, 0.25) is 5.91 Å². The van der Waals surface area contributed by atoms with E-state index in [0.29, 0.717) is 29.1 Å². The maximum absolute atomic E-state index is 12.3. The molecule has 0 aliphatic rings. The van der Waals surface area contributed by atoms with Gasteiger partial charge in [0.05, 0.1) is 17.2 Å². The molecule has 0 aliphatic heterocycles. The van der Waals surface area contributed by atoms with Crippen molar-refractivity contribution in [3.63, 3.8) is 0 Å². The molecule has 25 heavy (non-hydrogen) atoms. The van der Waals surface area contributed by atoms with Gasteiger partial charge in [-0.2, -0.15) is 5.10 Å². The number of nitrogens with two attached hydrogens (primary N) is 1. The fourth-order valence-corrected chi connectivity index (χ4v) is 2.71. The van der Waals surface area contributed by atoms with Crippen molar-refractivity contribution in [3.8, 4) is 0 Å². The number of amides is 2. The van der Waals surface area contributed by atoms with Crippen LogP contribution in [0.3, 0.4) is 0 Å². The van der Waals surface area contributed by atoms with Crippen molar-refractivity contribution >= 4 is 33.4 Å². The van der Waals surface area contributed by atoms with Crippen molar-refractivity contribution in [2.75, 3.05) is 5.32 Å². The van der Waals surface area contributed by atoms with Gasteiger partial charge in [-0.25, -0.2) is 0 Å². The molecule has 0 unspecified atom stereocenters. The van der Waals surface area contributed by atoms with Crippen molar-refractivity contribution in [2.45, 2.75) is 13.5 Å². The molecule has 2 aromatic heterocycles. The molecule has 0 aliphatic carbocycles. The predicted octanol–water partition coefficient (Wildman–Crippen LogP) is 2.95. The Hall–Kier alpha value is -2.87. The highest BCUT2D eigenvalue weighted by Gasteiger charge is 2.13. The van der Waals surface area contributed by atoms with Gasteiger partial charge in [-0.3, -0.25) is 14.3 Å². The summed E-state index contributed by atoms with van der Waals surface area (Å²) in [7, 11) is 0. The lowest BCUT2D eigenvalue weighted by Crippen LogP contribution is -2.14. The normalized spacial score (nSPS) is 10.6. The van der Waals surface area contributed by atoms with Gasteiger partial charge in [0, 0.05) is 17.4 Å². The molecule has 3 N–H and O–H groups in total. The molecule has 0 saturated heterocycles. The monoisotopic (exact) mass is 402 g/mol. The van der Waals surface area contributed by atoms with Crippen LogP contribution in [0.4, 0.5) is 5.69 Å². The average molecular weight is 403 g/mol. The van der Waals surface area contributed by atoms with E-state index in [1.807, 2.05) is 6.20 Å². The fourth-order valence-electron chi connectivity index (χ4n) is 2.38. The van der Waals surface area contributed by atoms with Gasteiger partial charge in [-0.1, -0.05) is 0 Å². The third kappa shape index (κ3) is 3.97. The minimum absolute atomic E-state index is 0.192. The first-order chi connectivity index (χ1) is 11.9. The Kier molecular flexibility index (Phi) is 4.71. The van der Waals surface area contributed by atoms with Crippen LogP contribution in [-0.2, 0) is 6.54 Å². The van der Waals surface area contributed by atoms with Gasteiger partial charge in [0.15, 0.2) is 5.76 Å². The van der Waals surface area contributed by atoms with Crippen LogP contribution in [0.15, 0.2) is 51.6 Å². The molecule has 0 saturated carbocycles. The number of anilines is 1. The number of carbonyl (C=O) groups is 2. The highest BCUT2D eigenvalue weighted by Crippen LogP contribution is 2.17. The molecule has 1 aromatic carbocycles. The predicted molar refractivity (Wildman–Crippen MR) is 95.4 cm³/mol. The zero-order valence-electron chi connectivity index (χ0n) is 13.3. The lowest BCUT2D eigenvalue weighted by molar-refractivity contribution is 0.0990. The summed E-state index contributed by atoms with van der Waals surface area (Å²) in [5.74, 6) is -0.0747. The first-order valence-corrected chi connectivity index (χ1v) is 8.20. The number of aryl methyl sites for hydroxylation is 1. The first kappa shape index (κ1) is 17.0. The van der Waals surface area contributed by atoms with Gasteiger partial charge in [-0.05, 0) is 58.7 Å². The number of aromatic nitrogens is 2. The number of nitrogens with zero attached hydrogens (tertiary/aromatic N) is 2. The number of nitrogens with one attached hydrogen (secondary N) is 1. The molecule has 128 valence electrons. The van der Waals surface area contributed by atoms with Crippen molar-refractivity contribution in [1.29, 1.82) is 0 Å². The van der Waals surface area contributed by atoms with Crippen LogP contribution in [0, 0.1) is 6.92 Å². The minimum Gasteiger partial charge on any atom is -0.454 e. The second-order valence-corrected chi connectivity index (χ2v) is 6.39. The molecule has 0 fully saturated rings. The van der Waals surface area contributed by atoms with Crippen LogP contribution in [0.1, 0.15) is 32.2 Å². The number of primary amides is 1. The van der Waals surface area contributed by atoms with Crippen LogP contribution in [0.5, 0.6) is 0 Å². The third-order valence-electron chi connectivity index (χ3n) is 3.55. The Morgan fingerprint density at radius 3 is 2.76 bits per heavy atom. The molecule has 2 heterocycles. The van der Waals surface area contributed by atoms with Gasteiger partial charge < -0.3 is 15.5 Å². The summed E-state index contributed by atoms with van der Waals surface area (Å²) in [6, 6.07) is 8.22. The van der Waals surface area contributed by atoms with Crippen molar-refractivity contribution in [2.24, 2.45) is 5.73 Å². The summed E-state index contributed by atoms with van der Waals surface area (Å²) in [6.07, 6.45) is 3.49. The van der Waals surface area contributed by atoms with E-state index in [0.717, 1.165) is 4.47 Å². The van der Waals surface area contributed by atoms with Crippen LogP contribution in [0.2, 0.25) is 0 Å². The van der Waals surface area contributed by atoms with Gasteiger partial charge in [0.25, 0.3) is 5.91 Å². The highest BCUT2D eigenvalue weighted by atomic mass is 79.9. The maximum Gasteiger partial charge on any atom is 0.291 e. The van der Waals surface area contributed by atoms with E-state index in [1.165, 1.54) is 0 Å². The maximum atomic E-state index is 12.3. The van der Waals surface area contributed by atoms with E-state index in [-0.39, 0.29) is 11.7 Å². The largest absolute Gasteiger partial charge is 0.454 e. The first-order valence-electron chi connectivity index (χ1n) is 7.41. The number of carbonyl (C=O) groups excluding carboxylic acids is 2. The van der Waals surface area contributed by atoms with E-state index in [1.54, 1.807) is 48.1 Å². The lowest BCUT2D eigenvalue weighted by atomic mass is 10.1. The molecule has 0 bridgehead atoms. The van der Waals surface area contributed by atoms with Gasteiger partial charge in [-0.15, -0.1) is 0 Å². The molecular weight excluding hydrogens is 388 g/mol.